The largest absolute Gasteiger partial charge is 0.310 e. The Bertz CT molecular complexity index is 599. The molecule has 0 saturated heterocycles. The normalized spacial score (nSPS) is 12.4. The summed E-state index contributed by atoms with van der Waals surface area (Å²) < 4.78 is 2.19. The fourth-order valence-electron chi connectivity index (χ4n) is 2.26. The molecule has 112 valence electrons. The first-order valence-electron chi connectivity index (χ1n) is 7.19. The number of halogens is 2. The first-order valence-corrected chi connectivity index (χ1v) is 8.77. The number of nitrogens with one attached hydrogen (secondary N) is 1. The second-order valence-electron chi connectivity index (χ2n) is 5.23. The quantitative estimate of drug-likeness (QED) is 0.706. The zero-order valence-corrected chi connectivity index (χ0v) is 15.5. The molecule has 0 spiro atoms. The third-order valence-corrected chi connectivity index (χ3v) is 4.73. The molecule has 2 nitrogen and oxygen atoms in total. The zero-order valence-electron chi connectivity index (χ0n) is 12.4. The van der Waals surface area contributed by atoms with Gasteiger partial charge in [-0.05, 0) is 71.1 Å². The molecule has 2 aromatic rings. The number of rotatable bonds is 6. The van der Waals surface area contributed by atoms with E-state index in [1.54, 1.807) is 0 Å². The number of aromatic nitrogens is 1. The molecule has 1 atom stereocenters. The summed E-state index contributed by atoms with van der Waals surface area (Å²) in [5.41, 5.74) is 3.80. The maximum Gasteiger partial charge on any atom is 0.0410 e. The van der Waals surface area contributed by atoms with E-state index >= 15 is 0 Å². The number of nitrogens with zero attached hydrogens (tertiary/aromatic N) is 1. The van der Waals surface area contributed by atoms with Crippen molar-refractivity contribution in [2.24, 2.45) is 0 Å². The monoisotopic (exact) mass is 410 g/mol. The second-order valence-corrected chi connectivity index (χ2v) is 7.00. The lowest BCUT2D eigenvalue weighted by Gasteiger charge is -2.20. The highest BCUT2D eigenvalue weighted by atomic mass is 79.9. The van der Waals surface area contributed by atoms with Crippen molar-refractivity contribution in [1.29, 1.82) is 0 Å². The fraction of sp³-hybridized carbons (Fsp3) is 0.353. The van der Waals surface area contributed by atoms with Crippen molar-refractivity contribution in [3.8, 4) is 0 Å². The van der Waals surface area contributed by atoms with E-state index in [4.69, 9.17) is 0 Å². The minimum atomic E-state index is 0.304. The van der Waals surface area contributed by atoms with E-state index in [-0.39, 0.29) is 0 Å². The summed E-state index contributed by atoms with van der Waals surface area (Å²) in [4.78, 5) is 4.26. The predicted molar refractivity (Wildman–Crippen MR) is 95.6 cm³/mol. The number of hydrogen-bond acceptors (Lipinski definition) is 2. The molecule has 4 heteroatoms. The standard InChI is InChI=1S/C17H20Br2N2/c1-3-6-21-17(8-13-7-15(18)11-20-10-13)14-5-4-12(2)16(19)9-14/h4-5,7,9-11,17,21H,3,6,8H2,1-2H3. The molecule has 0 bridgehead atoms. The maximum atomic E-state index is 4.26. The highest BCUT2D eigenvalue weighted by molar-refractivity contribution is 9.10. The molecule has 1 heterocycles. The number of aryl methyl sites for hydroxylation is 1. The van der Waals surface area contributed by atoms with Crippen molar-refractivity contribution in [3.63, 3.8) is 0 Å². The van der Waals surface area contributed by atoms with Crippen molar-refractivity contribution in [3.05, 3.63) is 62.3 Å². The highest BCUT2D eigenvalue weighted by Crippen LogP contribution is 2.25. The van der Waals surface area contributed by atoms with Crippen LogP contribution in [0.4, 0.5) is 0 Å². The van der Waals surface area contributed by atoms with Gasteiger partial charge in [-0.1, -0.05) is 35.0 Å². The van der Waals surface area contributed by atoms with E-state index in [9.17, 15) is 0 Å². The van der Waals surface area contributed by atoms with Gasteiger partial charge in [0, 0.05) is 27.4 Å². The van der Waals surface area contributed by atoms with Crippen LogP contribution in [-0.2, 0) is 6.42 Å². The average Bonchev–Trinajstić information content (AvgIpc) is 2.46. The van der Waals surface area contributed by atoms with Crippen LogP contribution in [0.2, 0.25) is 0 Å². The predicted octanol–water partition coefficient (Wildman–Crippen LogP) is 5.20. The molecule has 0 aliphatic heterocycles. The van der Waals surface area contributed by atoms with E-state index in [1.807, 2.05) is 12.4 Å². The summed E-state index contributed by atoms with van der Waals surface area (Å²) >= 11 is 7.12. The average molecular weight is 412 g/mol. The number of hydrogen-bond donors (Lipinski definition) is 1. The molecule has 2 rings (SSSR count). The lowest BCUT2D eigenvalue weighted by Crippen LogP contribution is -2.24. The fourth-order valence-corrected chi connectivity index (χ4v) is 3.06. The molecule has 0 fully saturated rings. The third kappa shape index (κ3) is 4.90. The minimum Gasteiger partial charge on any atom is -0.310 e. The van der Waals surface area contributed by atoms with Gasteiger partial charge in [-0.25, -0.2) is 0 Å². The van der Waals surface area contributed by atoms with E-state index in [0.29, 0.717) is 6.04 Å². The topological polar surface area (TPSA) is 24.9 Å². The van der Waals surface area contributed by atoms with Crippen molar-refractivity contribution in [2.45, 2.75) is 32.7 Å². The molecule has 0 aliphatic carbocycles. The zero-order chi connectivity index (χ0) is 15.2. The minimum absolute atomic E-state index is 0.304. The van der Waals surface area contributed by atoms with E-state index in [1.165, 1.54) is 16.7 Å². The van der Waals surface area contributed by atoms with Gasteiger partial charge in [0.15, 0.2) is 0 Å². The Balaban J connectivity index is 2.22. The van der Waals surface area contributed by atoms with Gasteiger partial charge in [-0.3, -0.25) is 4.98 Å². The number of benzene rings is 1. The van der Waals surface area contributed by atoms with Gasteiger partial charge in [-0.2, -0.15) is 0 Å². The summed E-state index contributed by atoms with van der Waals surface area (Å²) in [6, 6.07) is 9.03. The SMILES string of the molecule is CCCNC(Cc1cncc(Br)c1)c1ccc(C)c(Br)c1. The van der Waals surface area contributed by atoms with E-state index < -0.39 is 0 Å². The molecule has 0 aliphatic rings. The summed E-state index contributed by atoms with van der Waals surface area (Å²) in [5.74, 6) is 0. The Morgan fingerprint density at radius 1 is 1.19 bits per heavy atom. The van der Waals surface area contributed by atoms with Crippen LogP contribution in [-0.4, -0.2) is 11.5 Å². The Morgan fingerprint density at radius 2 is 2.00 bits per heavy atom. The third-order valence-electron chi connectivity index (χ3n) is 3.44. The van der Waals surface area contributed by atoms with Gasteiger partial charge in [0.2, 0.25) is 0 Å². The first-order chi connectivity index (χ1) is 10.1. The van der Waals surface area contributed by atoms with Gasteiger partial charge in [0.25, 0.3) is 0 Å². The maximum absolute atomic E-state index is 4.26. The van der Waals surface area contributed by atoms with Gasteiger partial charge in [0.1, 0.15) is 0 Å². The van der Waals surface area contributed by atoms with Crippen LogP contribution in [0.5, 0.6) is 0 Å². The molecule has 1 unspecified atom stereocenters. The van der Waals surface area contributed by atoms with Crippen LogP contribution < -0.4 is 5.32 Å². The first kappa shape index (κ1) is 16.7. The van der Waals surface area contributed by atoms with Gasteiger partial charge in [-0.15, -0.1) is 0 Å². The number of pyridine rings is 1. The van der Waals surface area contributed by atoms with Crippen LogP contribution in [0.25, 0.3) is 0 Å². The lowest BCUT2D eigenvalue weighted by molar-refractivity contribution is 0.528. The molecule has 0 radical (unpaired) electrons. The van der Waals surface area contributed by atoms with Crippen molar-refractivity contribution in [2.75, 3.05) is 6.54 Å². The van der Waals surface area contributed by atoms with E-state index in [2.05, 4.69) is 80.3 Å². The Kier molecular flexibility index (Phi) is 6.40. The summed E-state index contributed by atoms with van der Waals surface area (Å²) in [6.07, 6.45) is 5.82. The summed E-state index contributed by atoms with van der Waals surface area (Å²) in [5, 5.41) is 3.64. The van der Waals surface area contributed by atoms with Gasteiger partial charge in [0.05, 0.1) is 0 Å². The van der Waals surface area contributed by atoms with Crippen molar-refractivity contribution < 1.29 is 0 Å². The van der Waals surface area contributed by atoms with Crippen LogP contribution >= 0.6 is 31.9 Å². The Hall–Kier alpha value is -0.710. The van der Waals surface area contributed by atoms with Crippen LogP contribution in [0.1, 0.15) is 36.1 Å². The van der Waals surface area contributed by atoms with E-state index in [0.717, 1.165) is 28.3 Å². The van der Waals surface area contributed by atoms with Crippen LogP contribution in [0.3, 0.4) is 0 Å². The van der Waals surface area contributed by atoms with Crippen LogP contribution in [0, 0.1) is 6.92 Å². The summed E-state index contributed by atoms with van der Waals surface area (Å²) in [6.45, 7) is 5.31. The summed E-state index contributed by atoms with van der Waals surface area (Å²) in [7, 11) is 0. The Labute approximate surface area is 143 Å². The lowest BCUT2D eigenvalue weighted by atomic mass is 9.99. The van der Waals surface area contributed by atoms with Gasteiger partial charge >= 0.3 is 0 Å². The van der Waals surface area contributed by atoms with Crippen LogP contribution in [0.15, 0.2) is 45.6 Å². The molecule has 0 saturated carbocycles. The molecule has 1 aromatic heterocycles. The molecule has 21 heavy (non-hydrogen) atoms. The molecular weight excluding hydrogens is 392 g/mol. The molecular formula is C17H20Br2N2. The molecule has 1 N–H and O–H groups in total. The van der Waals surface area contributed by atoms with Crippen molar-refractivity contribution in [1.82, 2.24) is 10.3 Å². The molecule has 0 amide bonds. The van der Waals surface area contributed by atoms with Gasteiger partial charge < -0.3 is 5.32 Å². The molecule has 1 aromatic carbocycles. The highest BCUT2D eigenvalue weighted by Gasteiger charge is 2.13. The second kappa shape index (κ2) is 8.06. The Morgan fingerprint density at radius 3 is 2.67 bits per heavy atom. The smallest absolute Gasteiger partial charge is 0.0410 e. The van der Waals surface area contributed by atoms with Crippen molar-refractivity contribution >= 4 is 31.9 Å².